The highest BCUT2D eigenvalue weighted by atomic mass is 79.9. The van der Waals surface area contributed by atoms with Crippen molar-refractivity contribution in [2.45, 2.75) is 25.7 Å². The zero-order valence-corrected chi connectivity index (χ0v) is 12.1. The lowest BCUT2D eigenvalue weighted by atomic mass is 9.86. The molecule has 0 saturated heterocycles. The summed E-state index contributed by atoms with van der Waals surface area (Å²) in [5, 5.41) is 3.17. The first-order valence-electron chi connectivity index (χ1n) is 6.52. The van der Waals surface area contributed by atoms with Crippen molar-refractivity contribution in [1.82, 2.24) is 5.32 Å². The standard InChI is InChI=1S/C14H20BrN3/c15-13-6-2-3-11(9-13)7-8-17-14(16)18-10-12-4-1-5-12/h2-3,6,9,12H,1,4-5,7-8,10H2,(H3,16,17,18). The van der Waals surface area contributed by atoms with Crippen molar-refractivity contribution >= 4 is 21.9 Å². The molecule has 0 atom stereocenters. The van der Waals surface area contributed by atoms with Gasteiger partial charge in [0, 0.05) is 17.6 Å². The number of benzene rings is 1. The Morgan fingerprint density at radius 3 is 2.94 bits per heavy atom. The van der Waals surface area contributed by atoms with Crippen LogP contribution in [0.5, 0.6) is 0 Å². The molecule has 1 aliphatic carbocycles. The normalized spacial score (nSPS) is 16.4. The van der Waals surface area contributed by atoms with E-state index in [1.54, 1.807) is 0 Å². The Labute approximate surface area is 117 Å². The van der Waals surface area contributed by atoms with Gasteiger partial charge in [0.2, 0.25) is 0 Å². The average Bonchev–Trinajstić information content (AvgIpc) is 2.27. The molecule has 1 saturated carbocycles. The van der Waals surface area contributed by atoms with Gasteiger partial charge < -0.3 is 11.1 Å². The number of hydrogen-bond acceptors (Lipinski definition) is 1. The molecule has 0 unspecified atom stereocenters. The molecule has 4 heteroatoms. The summed E-state index contributed by atoms with van der Waals surface area (Å²) in [5.74, 6) is 1.35. The van der Waals surface area contributed by atoms with Gasteiger partial charge in [-0.2, -0.15) is 0 Å². The number of nitrogens with one attached hydrogen (secondary N) is 1. The highest BCUT2D eigenvalue weighted by Crippen LogP contribution is 2.26. The van der Waals surface area contributed by atoms with E-state index in [-0.39, 0.29) is 0 Å². The number of nitrogens with two attached hydrogens (primary N) is 1. The molecule has 1 aliphatic rings. The third-order valence-corrected chi connectivity index (χ3v) is 3.85. The van der Waals surface area contributed by atoms with Crippen molar-refractivity contribution in [3.05, 3.63) is 34.3 Å². The van der Waals surface area contributed by atoms with Gasteiger partial charge in [0.25, 0.3) is 0 Å². The lowest BCUT2D eigenvalue weighted by Crippen LogP contribution is -2.34. The first-order valence-corrected chi connectivity index (χ1v) is 7.31. The molecule has 0 spiro atoms. The maximum atomic E-state index is 5.82. The van der Waals surface area contributed by atoms with Crippen molar-refractivity contribution in [2.75, 3.05) is 13.1 Å². The summed E-state index contributed by atoms with van der Waals surface area (Å²) in [6, 6.07) is 8.33. The lowest BCUT2D eigenvalue weighted by molar-refractivity contribution is 0.326. The van der Waals surface area contributed by atoms with E-state index in [4.69, 9.17) is 5.73 Å². The zero-order valence-electron chi connectivity index (χ0n) is 10.5. The highest BCUT2D eigenvalue weighted by Gasteiger charge is 2.16. The summed E-state index contributed by atoms with van der Waals surface area (Å²) < 4.78 is 1.12. The highest BCUT2D eigenvalue weighted by molar-refractivity contribution is 9.10. The van der Waals surface area contributed by atoms with Gasteiger partial charge in [0.1, 0.15) is 0 Å². The molecule has 98 valence electrons. The Morgan fingerprint density at radius 2 is 2.28 bits per heavy atom. The number of aliphatic imine (C=N–C) groups is 1. The van der Waals surface area contributed by atoms with Crippen LogP contribution in [0.3, 0.4) is 0 Å². The van der Waals surface area contributed by atoms with Crippen LogP contribution in [0, 0.1) is 5.92 Å². The molecule has 0 bridgehead atoms. The molecule has 0 amide bonds. The molecular formula is C14H20BrN3. The molecule has 3 nitrogen and oxygen atoms in total. The second-order valence-corrected chi connectivity index (χ2v) is 5.75. The molecule has 0 aliphatic heterocycles. The number of nitrogens with zero attached hydrogens (tertiary/aromatic N) is 1. The summed E-state index contributed by atoms with van der Waals surface area (Å²) in [5.41, 5.74) is 7.12. The molecule has 0 heterocycles. The molecule has 3 N–H and O–H groups in total. The van der Waals surface area contributed by atoms with Gasteiger partial charge in [0.05, 0.1) is 0 Å². The van der Waals surface area contributed by atoms with Gasteiger partial charge in [-0.25, -0.2) is 0 Å². The van der Waals surface area contributed by atoms with E-state index in [0.29, 0.717) is 5.96 Å². The number of rotatable bonds is 5. The first-order chi connectivity index (χ1) is 8.74. The summed E-state index contributed by atoms with van der Waals surface area (Å²) in [6.45, 7) is 1.71. The van der Waals surface area contributed by atoms with Crippen LogP contribution in [0.25, 0.3) is 0 Å². The predicted octanol–water partition coefficient (Wildman–Crippen LogP) is 2.70. The van der Waals surface area contributed by atoms with Crippen LogP contribution in [0.15, 0.2) is 33.7 Å². The van der Waals surface area contributed by atoms with E-state index in [0.717, 1.165) is 29.9 Å². The van der Waals surface area contributed by atoms with Crippen molar-refractivity contribution < 1.29 is 0 Å². The van der Waals surface area contributed by atoms with Crippen LogP contribution < -0.4 is 11.1 Å². The maximum Gasteiger partial charge on any atom is 0.188 e. The predicted molar refractivity (Wildman–Crippen MR) is 79.7 cm³/mol. The van der Waals surface area contributed by atoms with Gasteiger partial charge in [0.15, 0.2) is 5.96 Å². The Bertz CT molecular complexity index is 413. The second-order valence-electron chi connectivity index (χ2n) is 4.83. The third-order valence-electron chi connectivity index (χ3n) is 3.35. The third kappa shape index (κ3) is 4.33. The average molecular weight is 310 g/mol. The Hall–Kier alpha value is -1.03. The zero-order chi connectivity index (χ0) is 12.8. The van der Waals surface area contributed by atoms with Crippen LogP contribution >= 0.6 is 15.9 Å². The number of guanidine groups is 1. The molecule has 0 radical (unpaired) electrons. The summed E-state index contributed by atoms with van der Waals surface area (Å²) >= 11 is 3.47. The molecule has 1 aromatic rings. The van der Waals surface area contributed by atoms with Crippen LogP contribution in [-0.4, -0.2) is 19.0 Å². The summed E-state index contributed by atoms with van der Waals surface area (Å²) in [4.78, 5) is 4.37. The van der Waals surface area contributed by atoms with E-state index in [2.05, 4.69) is 38.4 Å². The van der Waals surface area contributed by atoms with E-state index >= 15 is 0 Å². The number of halogens is 1. The van der Waals surface area contributed by atoms with Crippen LogP contribution in [-0.2, 0) is 6.42 Å². The van der Waals surface area contributed by atoms with Gasteiger partial charge in [-0.15, -0.1) is 0 Å². The molecule has 18 heavy (non-hydrogen) atoms. The van der Waals surface area contributed by atoms with Crippen LogP contribution in [0.4, 0.5) is 0 Å². The van der Waals surface area contributed by atoms with E-state index in [1.807, 2.05) is 12.1 Å². The quantitative estimate of drug-likeness (QED) is 0.649. The second kappa shape index (κ2) is 6.78. The minimum Gasteiger partial charge on any atom is -0.370 e. The topological polar surface area (TPSA) is 50.4 Å². The molecular weight excluding hydrogens is 290 g/mol. The number of hydrogen-bond donors (Lipinski definition) is 2. The molecule has 0 aromatic heterocycles. The van der Waals surface area contributed by atoms with Crippen molar-refractivity contribution in [2.24, 2.45) is 16.6 Å². The van der Waals surface area contributed by atoms with E-state index in [9.17, 15) is 0 Å². The Kier molecular flexibility index (Phi) is 5.05. The minimum atomic E-state index is 0.580. The minimum absolute atomic E-state index is 0.580. The van der Waals surface area contributed by atoms with Crippen LogP contribution in [0.1, 0.15) is 24.8 Å². The van der Waals surface area contributed by atoms with Crippen molar-refractivity contribution in [1.29, 1.82) is 0 Å². The fourth-order valence-corrected chi connectivity index (χ4v) is 2.43. The van der Waals surface area contributed by atoms with Crippen molar-refractivity contribution in [3.63, 3.8) is 0 Å². The fourth-order valence-electron chi connectivity index (χ4n) is 1.99. The van der Waals surface area contributed by atoms with Crippen LogP contribution in [0.2, 0.25) is 0 Å². The first kappa shape index (κ1) is 13.4. The fraction of sp³-hybridized carbons (Fsp3) is 0.500. The monoisotopic (exact) mass is 309 g/mol. The lowest BCUT2D eigenvalue weighted by Gasteiger charge is -2.23. The van der Waals surface area contributed by atoms with Gasteiger partial charge >= 0.3 is 0 Å². The van der Waals surface area contributed by atoms with Crippen molar-refractivity contribution in [3.8, 4) is 0 Å². The summed E-state index contributed by atoms with van der Waals surface area (Å²) in [6.07, 6.45) is 4.94. The van der Waals surface area contributed by atoms with E-state index in [1.165, 1.54) is 24.8 Å². The molecule has 1 aromatic carbocycles. The smallest absolute Gasteiger partial charge is 0.188 e. The Balaban J connectivity index is 1.67. The maximum absolute atomic E-state index is 5.82. The SMILES string of the molecule is NC(=NCC1CCC1)NCCc1cccc(Br)c1. The largest absolute Gasteiger partial charge is 0.370 e. The van der Waals surface area contributed by atoms with Gasteiger partial charge in [-0.05, 0) is 42.9 Å². The molecule has 2 rings (SSSR count). The van der Waals surface area contributed by atoms with E-state index < -0.39 is 0 Å². The van der Waals surface area contributed by atoms with Gasteiger partial charge in [-0.3, -0.25) is 4.99 Å². The Morgan fingerprint density at radius 1 is 1.44 bits per heavy atom. The molecule has 1 fully saturated rings. The summed E-state index contributed by atoms with van der Waals surface area (Å²) in [7, 11) is 0. The van der Waals surface area contributed by atoms with Gasteiger partial charge in [-0.1, -0.05) is 34.5 Å².